The number of ketones is 1. The molecule has 0 fully saturated rings. The Kier molecular flexibility index (Phi) is 2.02. The fraction of sp³-hybridized carbons (Fsp3) is 0.300. The summed E-state index contributed by atoms with van der Waals surface area (Å²) >= 11 is 0. The zero-order valence-electron chi connectivity index (χ0n) is 7.19. The second-order valence-electron chi connectivity index (χ2n) is 3.19. The van der Waals surface area contributed by atoms with Gasteiger partial charge in [-0.25, -0.2) is 0 Å². The summed E-state index contributed by atoms with van der Waals surface area (Å²) in [5.74, 6) is 0.723. The minimum atomic E-state index is -0.181. The Labute approximate surface area is 76.5 Å². The Hall–Kier alpha value is -1.35. The summed E-state index contributed by atoms with van der Waals surface area (Å²) < 4.78 is 5.39. The van der Waals surface area contributed by atoms with Crippen LogP contribution in [0.4, 0.5) is 0 Å². The molecule has 13 heavy (non-hydrogen) atoms. The van der Waals surface area contributed by atoms with Crippen LogP contribution in [0.15, 0.2) is 24.3 Å². The summed E-state index contributed by atoms with van der Waals surface area (Å²) in [5, 5.41) is 0. The first-order valence-electron chi connectivity index (χ1n) is 4.28. The highest BCUT2D eigenvalue weighted by atomic mass is 16.5. The molecule has 1 aromatic rings. The van der Waals surface area contributed by atoms with E-state index in [0.717, 1.165) is 0 Å². The Morgan fingerprint density at radius 2 is 2.15 bits per heavy atom. The monoisotopic (exact) mass is 177 g/mol. The maximum atomic E-state index is 11.6. The van der Waals surface area contributed by atoms with Crippen molar-refractivity contribution < 1.29 is 9.53 Å². The third kappa shape index (κ3) is 1.55. The minimum Gasteiger partial charge on any atom is -0.491 e. The highest BCUT2D eigenvalue weighted by molar-refractivity contribution is 5.99. The molecule has 0 spiro atoms. The quantitative estimate of drug-likeness (QED) is 0.642. The number of para-hydroxylation sites is 1. The summed E-state index contributed by atoms with van der Waals surface area (Å²) in [4.78, 5) is 11.6. The van der Waals surface area contributed by atoms with Crippen LogP contribution < -0.4 is 10.5 Å². The number of hydrogen-bond donors (Lipinski definition) is 1. The molecule has 1 aliphatic heterocycles. The number of Topliss-reactive ketones (excluding diaryl/α,β-unsaturated/α-hetero) is 1. The molecule has 3 nitrogen and oxygen atoms in total. The lowest BCUT2D eigenvalue weighted by molar-refractivity contribution is 0.0977. The van der Waals surface area contributed by atoms with Crippen LogP contribution >= 0.6 is 0 Å². The van der Waals surface area contributed by atoms with Crippen molar-refractivity contribution in [2.75, 3.05) is 6.61 Å². The Morgan fingerprint density at radius 1 is 1.38 bits per heavy atom. The smallest absolute Gasteiger partial charge is 0.168 e. The number of benzene rings is 1. The first kappa shape index (κ1) is 8.26. The molecule has 0 amide bonds. The van der Waals surface area contributed by atoms with Crippen molar-refractivity contribution >= 4 is 5.78 Å². The molecule has 0 saturated carbocycles. The summed E-state index contributed by atoms with van der Waals surface area (Å²) in [6.07, 6.45) is 0.372. The highest BCUT2D eigenvalue weighted by Crippen LogP contribution is 2.22. The summed E-state index contributed by atoms with van der Waals surface area (Å²) in [7, 11) is 0. The van der Waals surface area contributed by atoms with E-state index in [-0.39, 0.29) is 11.8 Å². The number of carbonyl (C=O) groups excluding carboxylic acids is 1. The molecule has 1 heterocycles. The molecule has 0 aromatic heterocycles. The van der Waals surface area contributed by atoms with Gasteiger partial charge in [0.15, 0.2) is 5.78 Å². The van der Waals surface area contributed by atoms with E-state index in [0.29, 0.717) is 24.3 Å². The fourth-order valence-electron chi connectivity index (χ4n) is 1.43. The third-order valence-electron chi connectivity index (χ3n) is 2.09. The predicted molar refractivity (Wildman–Crippen MR) is 48.9 cm³/mol. The number of ether oxygens (including phenoxy) is 1. The minimum absolute atomic E-state index is 0.0700. The predicted octanol–water partition coefficient (Wildman–Crippen LogP) is 0.979. The van der Waals surface area contributed by atoms with E-state index in [1.54, 1.807) is 12.1 Å². The zero-order chi connectivity index (χ0) is 9.26. The molecular formula is C10H11NO2. The highest BCUT2D eigenvalue weighted by Gasteiger charge is 2.20. The second-order valence-corrected chi connectivity index (χ2v) is 3.19. The Bertz CT molecular complexity index is 335. The van der Waals surface area contributed by atoms with Crippen LogP contribution in [0.1, 0.15) is 16.8 Å². The van der Waals surface area contributed by atoms with Gasteiger partial charge in [0.05, 0.1) is 5.56 Å². The topological polar surface area (TPSA) is 52.3 Å². The van der Waals surface area contributed by atoms with Crippen molar-refractivity contribution in [1.82, 2.24) is 0 Å². The van der Waals surface area contributed by atoms with Crippen LogP contribution in [-0.2, 0) is 0 Å². The van der Waals surface area contributed by atoms with Crippen LogP contribution in [-0.4, -0.2) is 18.4 Å². The first-order chi connectivity index (χ1) is 6.27. The molecular weight excluding hydrogens is 166 g/mol. The van der Waals surface area contributed by atoms with Gasteiger partial charge in [-0.15, -0.1) is 0 Å². The van der Waals surface area contributed by atoms with Crippen LogP contribution in [0, 0.1) is 0 Å². The van der Waals surface area contributed by atoms with Crippen molar-refractivity contribution in [2.45, 2.75) is 12.5 Å². The molecule has 1 unspecified atom stereocenters. The van der Waals surface area contributed by atoms with Gasteiger partial charge in [-0.3, -0.25) is 4.79 Å². The van der Waals surface area contributed by atoms with E-state index < -0.39 is 0 Å². The van der Waals surface area contributed by atoms with Crippen molar-refractivity contribution in [3.05, 3.63) is 29.8 Å². The average Bonchev–Trinajstić information content (AvgIpc) is 2.27. The summed E-state index contributed by atoms with van der Waals surface area (Å²) in [5.41, 5.74) is 6.31. The van der Waals surface area contributed by atoms with Gasteiger partial charge in [-0.05, 0) is 12.1 Å². The average molecular weight is 177 g/mol. The van der Waals surface area contributed by atoms with Gasteiger partial charge in [0.1, 0.15) is 12.4 Å². The van der Waals surface area contributed by atoms with Crippen molar-refractivity contribution in [1.29, 1.82) is 0 Å². The SMILES string of the molecule is NC1COc2ccccc2C(=O)C1. The largest absolute Gasteiger partial charge is 0.491 e. The maximum Gasteiger partial charge on any atom is 0.168 e. The third-order valence-corrected chi connectivity index (χ3v) is 2.09. The lowest BCUT2D eigenvalue weighted by Gasteiger charge is -2.06. The zero-order valence-corrected chi connectivity index (χ0v) is 7.19. The van der Waals surface area contributed by atoms with E-state index >= 15 is 0 Å². The van der Waals surface area contributed by atoms with Gasteiger partial charge >= 0.3 is 0 Å². The second kappa shape index (κ2) is 3.18. The van der Waals surface area contributed by atoms with Crippen LogP contribution in [0.3, 0.4) is 0 Å². The molecule has 1 aliphatic rings. The van der Waals surface area contributed by atoms with Gasteiger partial charge in [0, 0.05) is 12.5 Å². The van der Waals surface area contributed by atoms with Crippen molar-refractivity contribution in [3.63, 3.8) is 0 Å². The standard InChI is InChI=1S/C10H11NO2/c11-7-5-9(12)8-3-1-2-4-10(8)13-6-7/h1-4,7H,5-6,11H2. The van der Waals surface area contributed by atoms with Gasteiger partial charge in [0.25, 0.3) is 0 Å². The van der Waals surface area contributed by atoms with Gasteiger partial charge in [-0.1, -0.05) is 12.1 Å². The number of fused-ring (bicyclic) bond motifs is 1. The molecule has 0 aliphatic carbocycles. The van der Waals surface area contributed by atoms with Gasteiger partial charge in [0.2, 0.25) is 0 Å². The molecule has 1 atom stereocenters. The normalized spacial score (nSPS) is 21.6. The van der Waals surface area contributed by atoms with Gasteiger partial charge < -0.3 is 10.5 Å². The van der Waals surface area contributed by atoms with Crippen LogP contribution in [0.2, 0.25) is 0 Å². The van der Waals surface area contributed by atoms with E-state index in [1.165, 1.54) is 0 Å². The lowest BCUT2D eigenvalue weighted by Crippen LogP contribution is -2.28. The van der Waals surface area contributed by atoms with Crippen LogP contribution in [0.5, 0.6) is 5.75 Å². The number of rotatable bonds is 0. The van der Waals surface area contributed by atoms with E-state index in [1.807, 2.05) is 12.1 Å². The molecule has 3 heteroatoms. The maximum absolute atomic E-state index is 11.6. The molecule has 0 saturated heterocycles. The van der Waals surface area contributed by atoms with E-state index in [9.17, 15) is 4.79 Å². The number of nitrogens with two attached hydrogens (primary N) is 1. The van der Waals surface area contributed by atoms with Crippen LogP contribution in [0.25, 0.3) is 0 Å². The summed E-state index contributed by atoms with van der Waals surface area (Å²) in [6.45, 7) is 0.419. The number of carbonyl (C=O) groups is 1. The Morgan fingerprint density at radius 3 is 3.00 bits per heavy atom. The molecule has 2 N–H and O–H groups in total. The molecule has 0 bridgehead atoms. The molecule has 2 rings (SSSR count). The summed E-state index contributed by atoms with van der Waals surface area (Å²) in [6, 6.07) is 7.07. The van der Waals surface area contributed by atoms with E-state index in [4.69, 9.17) is 10.5 Å². The number of hydrogen-bond acceptors (Lipinski definition) is 3. The van der Waals surface area contributed by atoms with Gasteiger partial charge in [-0.2, -0.15) is 0 Å². The molecule has 1 aromatic carbocycles. The lowest BCUT2D eigenvalue weighted by atomic mass is 10.1. The molecule has 68 valence electrons. The van der Waals surface area contributed by atoms with E-state index in [2.05, 4.69) is 0 Å². The van der Waals surface area contributed by atoms with Crippen molar-refractivity contribution in [3.8, 4) is 5.75 Å². The van der Waals surface area contributed by atoms with Crippen molar-refractivity contribution in [2.24, 2.45) is 5.73 Å². The molecule has 0 radical (unpaired) electrons. The fourth-order valence-corrected chi connectivity index (χ4v) is 1.43. The first-order valence-corrected chi connectivity index (χ1v) is 4.28. The Balaban J connectivity index is 2.40.